The van der Waals surface area contributed by atoms with E-state index in [1.165, 1.54) is 16.7 Å². The second kappa shape index (κ2) is 6.08. The summed E-state index contributed by atoms with van der Waals surface area (Å²) in [7, 11) is 0. The number of aliphatic carboxylic acids is 1. The predicted octanol–water partition coefficient (Wildman–Crippen LogP) is 0.638. The molecule has 23 heavy (non-hydrogen) atoms. The van der Waals surface area contributed by atoms with Crippen molar-refractivity contribution in [3.05, 3.63) is 48.0 Å². The van der Waals surface area contributed by atoms with E-state index in [2.05, 4.69) is 11.9 Å². The molecular formula is C16H16N2O4S. The highest BCUT2D eigenvalue weighted by atomic mass is 32.2. The molecule has 120 valence electrons. The quantitative estimate of drug-likeness (QED) is 0.624. The molecule has 0 bridgehead atoms. The van der Waals surface area contributed by atoms with Crippen molar-refractivity contribution in [2.75, 3.05) is 5.75 Å². The number of β-lactam (4-membered cyclic amide) rings is 1. The van der Waals surface area contributed by atoms with Gasteiger partial charge < -0.3 is 15.3 Å². The summed E-state index contributed by atoms with van der Waals surface area (Å²) in [6.45, 7) is 3.73. The highest BCUT2D eigenvalue weighted by Gasteiger charge is 2.56. The number of rotatable bonds is 4. The highest BCUT2D eigenvalue weighted by molar-refractivity contribution is 8.00. The number of benzene rings is 1. The van der Waals surface area contributed by atoms with Gasteiger partial charge in [-0.15, -0.1) is 11.8 Å². The minimum atomic E-state index is -1.08. The van der Waals surface area contributed by atoms with Crippen molar-refractivity contribution < 1.29 is 19.5 Å². The molecular weight excluding hydrogens is 316 g/mol. The van der Waals surface area contributed by atoms with Crippen LogP contribution in [0, 0.1) is 0 Å². The average molecular weight is 332 g/mol. The summed E-state index contributed by atoms with van der Waals surface area (Å²) in [6.07, 6.45) is 0.192. The van der Waals surface area contributed by atoms with Crippen molar-refractivity contribution in [1.29, 1.82) is 0 Å². The predicted molar refractivity (Wildman–Crippen MR) is 85.7 cm³/mol. The third-order valence-electron chi connectivity index (χ3n) is 3.94. The fourth-order valence-corrected chi connectivity index (χ4v) is 4.14. The first-order valence-corrected chi connectivity index (χ1v) is 8.21. The summed E-state index contributed by atoms with van der Waals surface area (Å²) in [5.74, 6) is -1.22. The Bertz CT molecular complexity index is 676. The zero-order valence-corrected chi connectivity index (χ0v) is 13.1. The van der Waals surface area contributed by atoms with Gasteiger partial charge in [0.05, 0.1) is 6.42 Å². The van der Waals surface area contributed by atoms with Crippen LogP contribution in [-0.2, 0) is 20.8 Å². The third kappa shape index (κ3) is 2.84. The Balaban J connectivity index is 1.65. The van der Waals surface area contributed by atoms with Crippen LogP contribution < -0.4 is 5.32 Å². The third-order valence-corrected chi connectivity index (χ3v) is 5.32. The number of carboxylic acid groups (broad SMARTS) is 1. The fourth-order valence-electron chi connectivity index (χ4n) is 2.84. The van der Waals surface area contributed by atoms with E-state index >= 15 is 0 Å². The van der Waals surface area contributed by atoms with E-state index in [1.54, 1.807) is 0 Å². The Hall–Kier alpha value is -2.28. The molecule has 0 aliphatic carbocycles. The van der Waals surface area contributed by atoms with Crippen molar-refractivity contribution in [2.45, 2.75) is 23.9 Å². The van der Waals surface area contributed by atoms with Crippen LogP contribution in [0.3, 0.4) is 0 Å². The number of thioether (sulfide) groups is 1. The molecule has 2 amide bonds. The van der Waals surface area contributed by atoms with E-state index in [9.17, 15) is 19.5 Å². The SMILES string of the molecule is C=C1CSC2C(NC(=O)Cc3ccccc3)C(=O)N2C1C(=O)O. The van der Waals surface area contributed by atoms with Gasteiger partial charge >= 0.3 is 5.97 Å². The van der Waals surface area contributed by atoms with Crippen molar-refractivity contribution >= 4 is 29.5 Å². The molecule has 1 aromatic carbocycles. The van der Waals surface area contributed by atoms with Crippen LogP contribution in [0.15, 0.2) is 42.5 Å². The lowest BCUT2D eigenvalue weighted by molar-refractivity contribution is -0.160. The zero-order valence-electron chi connectivity index (χ0n) is 12.3. The number of fused-ring (bicyclic) bond motifs is 1. The number of carbonyl (C=O) groups excluding carboxylic acids is 2. The maximum absolute atomic E-state index is 12.2. The molecule has 1 aromatic rings. The summed E-state index contributed by atoms with van der Waals surface area (Å²) >= 11 is 1.43. The Morgan fingerprint density at radius 3 is 2.70 bits per heavy atom. The van der Waals surface area contributed by atoms with Gasteiger partial charge in [0.2, 0.25) is 11.8 Å². The number of nitrogens with zero attached hydrogens (tertiary/aromatic N) is 1. The summed E-state index contributed by atoms with van der Waals surface area (Å²) in [6, 6.07) is 7.59. The first-order valence-electron chi connectivity index (χ1n) is 7.16. The largest absolute Gasteiger partial charge is 0.479 e. The van der Waals surface area contributed by atoms with Crippen molar-refractivity contribution in [3.63, 3.8) is 0 Å². The standard InChI is InChI=1S/C16H16N2O4S/c1-9-8-23-15-12(14(20)18(15)13(9)16(21)22)17-11(19)7-10-5-3-2-4-6-10/h2-6,12-13,15H,1,7-8H2,(H,17,19)(H,21,22). The van der Waals surface area contributed by atoms with Crippen molar-refractivity contribution in [1.82, 2.24) is 10.2 Å². The van der Waals surface area contributed by atoms with E-state index in [0.717, 1.165) is 5.56 Å². The molecule has 3 rings (SSSR count). The molecule has 2 heterocycles. The number of hydrogen-bond acceptors (Lipinski definition) is 4. The normalized spacial score (nSPS) is 26.3. The zero-order chi connectivity index (χ0) is 16.6. The Morgan fingerprint density at radius 2 is 2.04 bits per heavy atom. The average Bonchev–Trinajstić information content (AvgIpc) is 2.53. The number of nitrogens with one attached hydrogen (secondary N) is 1. The first kappa shape index (κ1) is 15.6. The van der Waals surface area contributed by atoms with Crippen molar-refractivity contribution in [3.8, 4) is 0 Å². The van der Waals surface area contributed by atoms with Crippen LogP contribution in [0.4, 0.5) is 0 Å². The summed E-state index contributed by atoms with van der Waals surface area (Å²) in [5, 5.41) is 11.6. The molecule has 2 fully saturated rings. The Kier molecular flexibility index (Phi) is 4.12. The van der Waals surface area contributed by atoms with Crippen LogP contribution in [0.2, 0.25) is 0 Å². The molecule has 0 spiro atoms. The van der Waals surface area contributed by atoms with Gasteiger partial charge in [-0.25, -0.2) is 4.79 Å². The maximum Gasteiger partial charge on any atom is 0.330 e. The lowest BCUT2D eigenvalue weighted by Gasteiger charge is -2.52. The molecule has 2 aliphatic heterocycles. The molecule has 2 saturated heterocycles. The van der Waals surface area contributed by atoms with Gasteiger partial charge in [-0.3, -0.25) is 9.59 Å². The summed E-state index contributed by atoms with van der Waals surface area (Å²) in [5.41, 5.74) is 1.36. The molecule has 3 atom stereocenters. The van der Waals surface area contributed by atoms with Crippen LogP contribution >= 0.6 is 11.8 Å². The van der Waals surface area contributed by atoms with Crippen LogP contribution in [0.25, 0.3) is 0 Å². The smallest absolute Gasteiger partial charge is 0.330 e. The Labute approximate surface area is 137 Å². The molecule has 0 saturated carbocycles. The minimum absolute atomic E-state index is 0.192. The van der Waals surface area contributed by atoms with Gasteiger partial charge in [-0.1, -0.05) is 36.9 Å². The minimum Gasteiger partial charge on any atom is -0.479 e. The van der Waals surface area contributed by atoms with Crippen LogP contribution in [0.1, 0.15) is 5.56 Å². The second-order valence-corrected chi connectivity index (χ2v) is 6.66. The van der Waals surface area contributed by atoms with Gasteiger partial charge in [-0.05, 0) is 11.1 Å². The monoisotopic (exact) mass is 332 g/mol. The number of amides is 2. The highest BCUT2D eigenvalue weighted by Crippen LogP contribution is 2.39. The van der Waals surface area contributed by atoms with E-state index in [4.69, 9.17) is 0 Å². The molecule has 2 aliphatic rings. The lowest BCUT2D eigenvalue weighted by atomic mass is 9.98. The number of carboxylic acids is 1. The molecule has 7 heteroatoms. The summed E-state index contributed by atoms with van der Waals surface area (Å²) in [4.78, 5) is 36.9. The molecule has 0 aromatic heterocycles. The first-order chi connectivity index (χ1) is 11.0. The van der Waals surface area contributed by atoms with Crippen LogP contribution in [-0.4, -0.2) is 51.0 Å². The van der Waals surface area contributed by atoms with Gasteiger partial charge in [0.1, 0.15) is 11.4 Å². The molecule has 3 unspecified atom stereocenters. The van der Waals surface area contributed by atoms with E-state index in [-0.39, 0.29) is 23.6 Å². The topological polar surface area (TPSA) is 86.7 Å². The van der Waals surface area contributed by atoms with Gasteiger partial charge in [0, 0.05) is 5.75 Å². The van der Waals surface area contributed by atoms with Gasteiger partial charge in [-0.2, -0.15) is 0 Å². The number of carbonyl (C=O) groups is 3. The molecule has 6 nitrogen and oxygen atoms in total. The number of hydrogen-bond donors (Lipinski definition) is 2. The second-order valence-electron chi connectivity index (χ2n) is 5.55. The summed E-state index contributed by atoms with van der Waals surface area (Å²) < 4.78 is 0. The lowest BCUT2D eigenvalue weighted by Crippen LogP contribution is -2.74. The van der Waals surface area contributed by atoms with E-state index in [1.807, 2.05) is 30.3 Å². The van der Waals surface area contributed by atoms with Crippen molar-refractivity contribution in [2.24, 2.45) is 0 Å². The maximum atomic E-state index is 12.2. The Morgan fingerprint density at radius 1 is 1.35 bits per heavy atom. The van der Waals surface area contributed by atoms with E-state index in [0.29, 0.717) is 11.3 Å². The molecule has 2 N–H and O–H groups in total. The fraction of sp³-hybridized carbons (Fsp3) is 0.312. The van der Waals surface area contributed by atoms with Gasteiger partial charge in [0.25, 0.3) is 0 Å². The van der Waals surface area contributed by atoms with Crippen LogP contribution in [0.5, 0.6) is 0 Å². The van der Waals surface area contributed by atoms with E-state index < -0.39 is 18.1 Å². The van der Waals surface area contributed by atoms with Gasteiger partial charge in [0.15, 0.2) is 6.04 Å². The molecule has 0 radical (unpaired) electrons.